The first-order valence-electron chi connectivity index (χ1n) is 5.62. The molecule has 0 saturated carbocycles. The number of nitrogens with one attached hydrogen (secondary N) is 1. The van der Waals surface area contributed by atoms with E-state index in [9.17, 15) is 0 Å². The molecule has 1 aromatic carbocycles. The first-order chi connectivity index (χ1) is 8.25. The summed E-state index contributed by atoms with van der Waals surface area (Å²) in [7, 11) is 4.08. The molecule has 4 heteroatoms. The van der Waals surface area contributed by atoms with Gasteiger partial charge in [0, 0.05) is 38.9 Å². The van der Waals surface area contributed by atoms with Gasteiger partial charge < -0.3 is 14.7 Å². The van der Waals surface area contributed by atoms with Crippen molar-refractivity contribution < 1.29 is 4.52 Å². The Hall–Kier alpha value is -1.81. The molecule has 1 N–H and O–H groups in total. The fraction of sp³-hybridized carbons (Fsp3) is 0.308. The van der Waals surface area contributed by atoms with Gasteiger partial charge in [-0.1, -0.05) is 17.3 Å². The molecule has 2 aromatic rings. The van der Waals surface area contributed by atoms with Gasteiger partial charge >= 0.3 is 0 Å². The number of hydrogen-bond donors (Lipinski definition) is 1. The molecule has 17 heavy (non-hydrogen) atoms. The molecule has 90 valence electrons. The third-order valence-corrected chi connectivity index (χ3v) is 2.58. The average molecular weight is 231 g/mol. The molecule has 0 aliphatic heterocycles. The third-order valence-electron chi connectivity index (χ3n) is 2.58. The fourth-order valence-electron chi connectivity index (χ4n) is 1.58. The Bertz CT molecular complexity index is 434. The number of aromatic nitrogens is 1. The van der Waals surface area contributed by atoms with Crippen molar-refractivity contribution in [3.05, 3.63) is 47.9 Å². The van der Waals surface area contributed by atoms with Gasteiger partial charge in [-0.05, 0) is 17.7 Å². The summed E-state index contributed by atoms with van der Waals surface area (Å²) in [6.07, 6.45) is 1.59. The van der Waals surface area contributed by atoms with Crippen molar-refractivity contribution in [1.29, 1.82) is 0 Å². The Morgan fingerprint density at radius 2 is 1.88 bits per heavy atom. The van der Waals surface area contributed by atoms with Crippen molar-refractivity contribution in [1.82, 2.24) is 10.5 Å². The van der Waals surface area contributed by atoms with Crippen molar-refractivity contribution in [2.24, 2.45) is 0 Å². The highest BCUT2D eigenvalue weighted by molar-refractivity contribution is 5.45. The van der Waals surface area contributed by atoms with E-state index in [1.807, 2.05) is 20.2 Å². The fourth-order valence-corrected chi connectivity index (χ4v) is 1.58. The lowest BCUT2D eigenvalue weighted by molar-refractivity contribution is 0.408. The molecule has 1 aromatic heterocycles. The van der Waals surface area contributed by atoms with Crippen LogP contribution in [0.25, 0.3) is 0 Å². The molecule has 0 radical (unpaired) electrons. The van der Waals surface area contributed by atoms with Crippen LogP contribution in [-0.4, -0.2) is 19.3 Å². The number of hydrogen-bond acceptors (Lipinski definition) is 4. The minimum absolute atomic E-state index is 0.728. The van der Waals surface area contributed by atoms with Crippen molar-refractivity contribution in [2.75, 3.05) is 19.0 Å². The molecule has 0 aliphatic carbocycles. The lowest BCUT2D eigenvalue weighted by atomic mass is 10.2. The van der Waals surface area contributed by atoms with Gasteiger partial charge in [-0.25, -0.2) is 0 Å². The second-order valence-corrected chi connectivity index (χ2v) is 4.16. The van der Waals surface area contributed by atoms with Crippen LogP contribution in [0.15, 0.2) is 41.1 Å². The number of rotatable bonds is 5. The summed E-state index contributed by atoms with van der Waals surface area (Å²) in [6.45, 7) is 1.56. The topological polar surface area (TPSA) is 41.3 Å². The Morgan fingerprint density at radius 3 is 2.47 bits per heavy atom. The van der Waals surface area contributed by atoms with Crippen LogP contribution in [0.1, 0.15) is 11.3 Å². The summed E-state index contributed by atoms with van der Waals surface area (Å²) in [5, 5.41) is 7.16. The third kappa shape index (κ3) is 3.32. The maximum atomic E-state index is 4.76. The Labute approximate surface area is 101 Å². The van der Waals surface area contributed by atoms with Gasteiger partial charge in [0.2, 0.25) is 0 Å². The predicted octanol–water partition coefficient (Wildman–Crippen LogP) is 2.03. The van der Waals surface area contributed by atoms with E-state index in [2.05, 4.69) is 39.6 Å². The molecular weight excluding hydrogens is 214 g/mol. The second kappa shape index (κ2) is 5.50. The molecule has 0 fully saturated rings. The van der Waals surface area contributed by atoms with E-state index in [1.165, 1.54) is 11.3 Å². The van der Waals surface area contributed by atoms with Crippen molar-refractivity contribution in [3.63, 3.8) is 0 Å². The van der Waals surface area contributed by atoms with Crippen LogP contribution in [0.4, 0.5) is 5.69 Å². The van der Waals surface area contributed by atoms with Gasteiger partial charge in [0.15, 0.2) is 0 Å². The molecule has 0 bridgehead atoms. The van der Waals surface area contributed by atoms with Crippen LogP contribution in [0.3, 0.4) is 0 Å². The summed E-state index contributed by atoms with van der Waals surface area (Å²) in [5.41, 5.74) is 3.40. The lowest BCUT2D eigenvalue weighted by Gasteiger charge is -2.12. The van der Waals surface area contributed by atoms with Crippen LogP contribution in [0.2, 0.25) is 0 Å². The molecule has 2 rings (SSSR count). The molecular formula is C13H17N3O. The first kappa shape index (κ1) is 11.7. The van der Waals surface area contributed by atoms with Gasteiger partial charge in [-0.2, -0.15) is 0 Å². The zero-order valence-corrected chi connectivity index (χ0v) is 10.2. The maximum Gasteiger partial charge on any atom is 0.124 e. The monoisotopic (exact) mass is 231 g/mol. The van der Waals surface area contributed by atoms with Crippen LogP contribution < -0.4 is 10.2 Å². The first-order valence-corrected chi connectivity index (χ1v) is 5.62. The van der Waals surface area contributed by atoms with E-state index >= 15 is 0 Å². The van der Waals surface area contributed by atoms with Crippen LogP contribution in [0, 0.1) is 0 Å². The molecule has 0 unspecified atom stereocenters. The Balaban J connectivity index is 1.83. The van der Waals surface area contributed by atoms with Crippen molar-refractivity contribution in [2.45, 2.75) is 13.1 Å². The molecule has 0 aliphatic rings. The largest absolute Gasteiger partial charge is 0.378 e. The summed E-state index contributed by atoms with van der Waals surface area (Å²) < 4.78 is 4.76. The number of nitrogens with zero attached hydrogens (tertiary/aromatic N) is 2. The van der Waals surface area contributed by atoms with E-state index in [-0.39, 0.29) is 0 Å². The van der Waals surface area contributed by atoms with E-state index < -0.39 is 0 Å². The summed E-state index contributed by atoms with van der Waals surface area (Å²) in [5.74, 6) is 0. The van der Waals surface area contributed by atoms with Gasteiger partial charge in [0.05, 0.1) is 5.69 Å². The van der Waals surface area contributed by atoms with Gasteiger partial charge in [-0.3, -0.25) is 0 Å². The summed E-state index contributed by atoms with van der Waals surface area (Å²) >= 11 is 0. The minimum Gasteiger partial charge on any atom is -0.378 e. The van der Waals surface area contributed by atoms with Crippen molar-refractivity contribution in [3.8, 4) is 0 Å². The summed E-state index contributed by atoms with van der Waals surface area (Å²) in [4.78, 5) is 2.09. The van der Waals surface area contributed by atoms with Crippen molar-refractivity contribution >= 4 is 5.69 Å². The number of anilines is 1. The quantitative estimate of drug-likeness (QED) is 0.855. The second-order valence-electron chi connectivity index (χ2n) is 4.16. The summed E-state index contributed by atoms with van der Waals surface area (Å²) in [6, 6.07) is 10.4. The highest BCUT2D eigenvalue weighted by Crippen LogP contribution is 2.12. The SMILES string of the molecule is CN(C)c1ccc(CNCc2ccon2)cc1. The smallest absolute Gasteiger partial charge is 0.124 e. The highest BCUT2D eigenvalue weighted by atomic mass is 16.5. The standard InChI is InChI=1S/C13H17N3O/c1-16(2)13-5-3-11(4-6-13)9-14-10-12-7-8-17-15-12/h3-8,14H,9-10H2,1-2H3. The van der Waals surface area contributed by atoms with Gasteiger partial charge in [0.25, 0.3) is 0 Å². The van der Waals surface area contributed by atoms with Crippen LogP contribution in [-0.2, 0) is 13.1 Å². The Kier molecular flexibility index (Phi) is 3.77. The number of benzene rings is 1. The molecule has 1 heterocycles. The molecule has 0 saturated heterocycles. The molecule has 0 amide bonds. The van der Waals surface area contributed by atoms with Gasteiger partial charge in [0.1, 0.15) is 6.26 Å². The molecule has 4 nitrogen and oxygen atoms in total. The maximum absolute atomic E-state index is 4.76. The predicted molar refractivity (Wildman–Crippen MR) is 67.8 cm³/mol. The minimum atomic E-state index is 0.728. The van der Waals surface area contributed by atoms with Gasteiger partial charge in [-0.15, -0.1) is 0 Å². The van der Waals surface area contributed by atoms with E-state index in [0.29, 0.717) is 0 Å². The van der Waals surface area contributed by atoms with E-state index in [0.717, 1.165) is 18.8 Å². The highest BCUT2D eigenvalue weighted by Gasteiger charge is 1.98. The average Bonchev–Trinajstić information content (AvgIpc) is 2.83. The van der Waals surface area contributed by atoms with Crippen LogP contribution >= 0.6 is 0 Å². The van der Waals surface area contributed by atoms with E-state index in [4.69, 9.17) is 4.52 Å². The molecule has 0 atom stereocenters. The molecule has 0 spiro atoms. The zero-order valence-electron chi connectivity index (χ0n) is 10.2. The van der Waals surface area contributed by atoms with E-state index in [1.54, 1.807) is 6.26 Å². The Morgan fingerprint density at radius 1 is 1.12 bits per heavy atom. The van der Waals surface area contributed by atoms with Crippen LogP contribution in [0.5, 0.6) is 0 Å². The normalized spacial score (nSPS) is 10.5. The lowest BCUT2D eigenvalue weighted by Crippen LogP contribution is -2.13. The zero-order chi connectivity index (χ0) is 12.1.